The molecule has 8 heteroatoms. The fourth-order valence-corrected chi connectivity index (χ4v) is 4.03. The first-order valence-corrected chi connectivity index (χ1v) is 9.34. The molecule has 1 saturated heterocycles. The third kappa shape index (κ3) is 2.57. The van der Waals surface area contributed by atoms with Crippen molar-refractivity contribution in [1.82, 2.24) is 5.43 Å². The van der Waals surface area contributed by atoms with E-state index in [9.17, 15) is 14.4 Å². The molecule has 2 aliphatic heterocycles. The minimum Gasteiger partial charge on any atom is -0.464 e. The Balaban J connectivity index is 1.92. The van der Waals surface area contributed by atoms with Gasteiger partial charge in [-0.2, -0.15) is 5.10 Å². The number of fused-ring (bicyclic) bond motifs is 1. The van der Waals surface area contributed by atoms with Crippen LogP contribution in [0.3, 0.4) is 0 Å². The van der Waals surface area contributed by atoms with Gasteiger partial charge in [0.2, 0.25) is 5.91 Å². The lowest BCUT2D eigenvalue weighted by Gasteiger charge is -2.26. The fraction of sp³-hybridized carbons (Fsp3) is 0.238. The SMILES string of the molecule is COC(=O)C1=NNC2(c3ccc(Cl)cc3)C(=O)N(c3cccc(C)c3C)C(=O)C12. The van der Waals surface area contributed by atoms with Crippen molar-refractivity contribution in [3.05, 3.63) is 64.2 Å². The molecule has 0 saturated carbocycles. The van der Waals surface area contributed by atoms with Crippen LogP contribution in [-0.2, 0) is 24.7 Å². The third-order valence-corrected chi connectivity index (χ3v) is 5.83. The van der Waals surface area contributed by atoms with E-state index in [2.05, 4.69) is 10.5 Å². The highest BCUT2D eigenvalue weighted by molar-refractivity contribution is 6.47. The maximum Gasteiger partial charge on any atom is 0.355 e. The van der Waals surface area contributed by atoms with Crippen LogP contribution in [0.5, 0.6) is 0 Å². The van der Waals surface area contributed by atoms with Crippen molar-refractivity contribution in [2.45, 2.75) is 19.4 Å². The molecule has 2 unspecified atom stereocenters. The van der Waals surface area contributed by atoms with E-state index in [1.54, 1.807) is 36.4 Å². The van der Waals surface area contributed by atoms with Crippen LogP contribution in [0.1, 0.15) is 16.7 Å². The van der Waals surface area contributed by atoms with Gasteiger partial charge in [-0.1, -0.05) is 35.9 Å². The molecule has 7 nitrogen and oxygen atoms in total. The van der Waals surface area contributed by atoms with Crippen LogP contribution in [0.25, 0.3) is 0 Å². The predicted molar refractivity (Wildman–Crippen MR) is 108 cm³/mol. The van der Waals surface area contributed by atoms with Crippen LogP contribution >= 0.6 is 11.6 Å². The Morgan fingerprint density at radius 3 is 2.52 bits per heavy atom. The number of hydrogen-bond donors (Lipinski definition) is 1. The quantitative estimate of drug-likeness (QED) is 0.619. The van der Waals surface area contributed by atoms with Crippen LogP contribution in [0, 0.1) is 19.8 Å². The van der Waals surface area contributed by atoms with Crippen molar-refractivity contribution in [1.29, 1.82) is 0 Å². The number of amides is 2. The molecule has 2 aliphatic rings. The van der Waals surface area contributed by atoms with E-state index in [1.165, 1.54) is 7.11 Å². The molecular formula is C21H18ClN3O4. The summed E-state index contributed by atoms with van der Waals surface area (Å²) in [6.07, 6.45) is 0. The molecule has 2 aromatic rings. The van der Waals surface area contributed by atoms with Crippen LogP contribution in [0.4, 0.5) is 5.69 Å². The molecule has 0 bridgehead atoms. The van der Waals surface area contributed by atoms with Crippen molar-refractivity contribution in [2.75, 3.05) is 12.0 Å². The fourth-order valence-electron chi connectivity index (χ4n) is 3.90. The van der Waals surface area contributed by atoms with Crippen LogP contribution in [-0.4, -0.2) is 30.6 Å². The number of hydrazone groups is 1. The Morgan fingerprint density at radius 2 is 1.86 bits per heavy atom. The second-order valence-electron chi connectivity index (χ2n) is 7.05. The van der Waals surface area contributed by atoms with E-state index >= 15 is 0 Å². The van der Waals surface area contributed by atoms with Gasteiger partial charge in [0, 0.05) is 5.02 Å². The van der Waals surface area contributed by atoms with E-state index in [1.807, 2.05) is 19.9 Å². The molecule has 148 valence electrons. The largest absolute Gasteiger partial charge is 0.464 e. The molecule has 0 spiro atoms. The number of carbonyl (C=O) groups excluding carboxylic acids is 3. The van der Waals surface area contributed by atoms with E-state index in [0.717, 1.165) is 16.0 Å². The molecule has 0 radical (unpaired) electrons. The van der Waals surface area contributed by atoms with Gasteiger partial charge in [-0.05, 0) is 48.7 Å². The molecule has 4 rings (SSSR count). The number of carbonyl (C=O) groups is 3. The summed E-state index contributed by atoms with van der Waals surface area (Å²) >= 11 is 6.00. The monoisotopic (exact) mass is 411 g/mol. The van der Waals surface area contributed by atoms with Gasteiger partial charge in [0.15, 0.2) is 11.3 Å². The molecule has 2 atom stereocenters. The number of hydrogen-bond acceptors (Lipinski definition) is 6. The first-order valence-electron chi connectivity index (χ1n) is 8.96. The van der Waals surface area contributed by atoms with E-state index in [-0.39, 0.29) is 5.71 Å². The lowest BCUT2D eigenvalue weighted by atomic mass is 9.79. The molecule has 0 aliphatic carbocycles. The number of esters is 1. The maximum absolute atomic E-state index is 13.7. The van der Waals surface area contributed by atoms with Gasteiger partial charge < -0.3 is 4.74 Å². The number of imide groups is 1. The highest BCUT2D eigenvalue weighted by Crippen LogP contribution is 2.45. The van der Waals surface area contributed by atoms with Gasteiger partial charge in [0.25, 0.3) is 5.91 Å². The summed E-state index contributed by atoms with van der Waals surface area (Å²) in [4.78, 5) is 40.6. The Bertz CT molecular complexity index is 1080. The van der Waals surface area contributed by atoms with Gasteiger partial charge in [0.1, 0.15) is 5.92 Å². The smallest absolute Gasteiger partial charge is 0.355 e. The Labute approximate surface area is 172 Å². The highest BCUT2D eigenvalue weighted by Gasteiger charge is 2.67. The lowest BCUT2D eigenvalue weighted by Crippen LogP contribution is -2.48. The average molecular weight is 412 g/mol. The zero-order chi connectivity index (χ0) is 20.9. The summed E-state index contributed by atoms with van der Waals surface area (Å²) in [5.41, 5.74) is 3.82. The molecule has 0 aromatic heterocycles. The number of halogens is 1. The summed E-state index contributed by atoms with van der Waals surface area (Å²) < 4.78 is 4.80. The summed E-state index contributed by atoms with van der Waals surface area (Å²) in [6.45, 7) is 3.75. The van der Waals surface area contributed by atoms with Crippen molar-refractivity contribution >= 4 is 40.8 Å². The van der Waals surface area contributed by atoms with Crippen LogP contribution < -0.4 is 10.3 Å². The number of rotatable bonds is 3. The lowest BCUT2D eigenvalue weighted by molar-refractivity contribution is -0.133. The minimum atomic E-state index is -1.54. The van der Waals surface area contributed by atoms with Crippen molar-refractivity contribution < 1.29 is 19.1 Å². The van der Waals surface area contributed by atoms with Gasteiger partial charge >= 0.3 is 5.97 Å². The normalized spacial score (nSPS) is 23.0. The number of methoxy groups -OCH3 is 1. The molecule has 2 heterocycles. The number of aryl methyl sites for hydroxylation is 1. The van der Waals surface area contributed by atoms with Crippen molar-refractivity contribution in [3.8, 4) is 0 Å². The Morgan fingerprint density at radius 1 is 1.17 bits per heavy atom. The minimum absolute atomic E-state index is 0.131. The molecular weight excluding hydrogens is 394 g/mol. The van der Waals surface area contributed by atoms with Crippen LogP contribution in [0.2, 0.25) is 5.02 Å². The molecule has 2 amide bonds. The Kier molecular flexibility index (Phi) is 4.42. The summed E-state index contributed by atoms with van der Waals surface area (Å²) in [5.74, 6) is -2.95. The zero-order valence-electron chi connectivity index (χ0n) is 16.0. The highest BCUT2D eigenvalue weighted by atomic mass is 35.5. The number of benzene rings is 2. The average Bonchev–Trinajstić information content (AvgIpc) is 3.21. The van der Waals surface area contributed by atoms with Gasteiger partial charge in [0.05, 0.1) is 12.8 Å². The van der Waals surface area contributed by atoms with Gasteiger partial charge in [-0.3, -0.25) is 15.0 Å². The second-order valence-corrected chi connectivity index (χ2v) is 7.48. The van der Waals surface area contributed by atoms with E-state index in [0.29, 0.717) is 16.3 Å². The zero-order valence-corrected chi connectivity index (χ0v) is 16.8. The number of nitrogens with zero attached hydrogens (tertiary/aromatic N) is 2. The molecule has 1 N–H and O–H groups in total. The molecule has 1 fully saturated rings. The first-order chi connectivity index (χ1) is 13.8. The van der Waals surface area contributed by atoms with E-state index in [4.69, 9.17) is 16.3 Å². The van der Waals surface area contributed by atoms with Crippen LogP contribution in [0.15, 0.2) is 47.6 Å². The maximum atomic E-state index is 13.7. The second kappa shape index (κ2) is 6.70. The third-order valence-electron chi connectivity index (χ3n) is 5.58. The number of ether oxygens (including phenoxy) is 1. The van der Waals surface area contributed by atoms with Crippen molar-refractivity contribution in [2.24, 2.45) is 11.0 Å². The first kappa shape index (κ1) is 19.1. The molecule has 2 aromatic carbocycles. The van der Waals surface area contributed by atoms with Crippen molar-refractivity contribution in [3.63, 3.8) is 0 Å². The van der Waals surface area contributed by atoms with Gasteiger partial charge in [-0.15, -0.1) is 0 Å². The number of nitrogens with one attached hydrogen (secondary N) is 1. The summed E-state index contributed by atoms with van der Waals surface area (Å²) in [5, 5.41) is 4.50. The number of anilines is 1. The van der Waals surface area contributed by atoms with E-state index < -0.39 is 29.2 Å². The van der Waals surface area contributed by atoms with Gasteiger partial charge in [-0.25, -0.2) is 9.69 Å². The summed E-state index contributed by atoms with van der Waals surface area (Å²) in [7, 11) is 1.21. The topological polar surface area (TPSA) is 88.1 Å². The standard InChI is InChI=1S/C21H18ClN3O4/c1-11-5-4-6-15(12(11)2)25-18(26)16-17(19(27)29-3)23-24-21(16,20(25)28)13-7-9-14(22)10-8-13/h4-10,16,24H,1-3H3. The Hall–Kier alpha value is -3.19. The summed E-state index contributed by atoms with van der Waals surface area (Å²) in [6, 6.07) is 11.9. The predicted octanol–water partition coefficient (Wildman–Crippen LogP) is 2.47. The molecule has 29 heavy (non-hydrogen) atoms.